The van der Waals surface area contributed by atoms with Gasteiger partial charge in [0.1, 0.15) is 0 Å². The molecule has 1 aromatic carbocycles. The number of nitrogens with zero attached hydrogens (tertiary/aromatic N) is 2. The van der Waals surface area contributed by atoms with Gasteiger partial charge in [-0.3, -0.25) is 9.36 Å². The number of anilines is 1. The fourth-order valence-corrected chi connectivity index (χ4v) is 4.02. The molecule has 3 rings (SSSR count). The Bertz CT molecular complexity index is 940. The molecule has 0 aliphatic carbocycles. The minimum absolute atomic E-state index is 0.156. The minimum Gasteiger partial charge on any atom is -0.408 e. The van der Waals surface area contributed by atoms with E-state index in [0.717, 1.165) is 0 Å². The predicted octanol–water partition coefficient (Wildman–Crippen LogP) is 0.122. The van der Waals surface area contributed by atoms with Gasteiger partial charge in [0.25, 0.3) is 0 Å². The number of morpholine rings is 1. The van der Waals surface area contributed by atoms with E-state index in [4.69, 9.17) is 9.15 Å². The van der Waals surface area contributed by atoms with E-state index in [1.807, 2.05) is 0 Å². The van der Waals surface area contributed by atoms with Crippen molar-refractivity contribution < 1.29 is 22.4 Å². The molecule has 1 fully saturated rings. The minimum atomic E-state index is -3.48. The summed E-state index contributed by atoms with van der Waals surface area (Å²) in [6, 6.07) is 4.82. The van der Waals surface area contributed by atoms with Gasteiger partial charge >= 0.3 is 5.76 Å². The molecular weight excluding hydrogens is 350 g/mol. The molecule has 1 N–H and O–H groups in total. The van der Waals surface area contributed by atoms with E-state index in [9.17, 15) is 18.0 Å². The van der Waals surface area contributed by atoms with E-state index in [2.05, 4.69) is 5.32 Å². The highest BCUT2D eigenvalue weighted by atomic mass is 32.2. The van der Waals surface area contributed by atoms with Crippen LogP contribution in [-0.2, 0) is 26.6 Å². The second-order valence-corrected chi connectivity index (χ2v) is 7.82. The van der Waals surface area contributed by atoms with Crippen molar-refractivity contribution in [2.45, 2.75) is 6.42 Å². The summed E-state index contributed by atoms with van der Waals surface area (Å²) in [6.07, 6.45) is -0.156. The van der Waals surface area contributed by atoms with Gasteiger partial charge in [0.15, 0.2) is 5.58 Å². The van der Waals surface area contributed by atoms with Gasteiger partial charge in [-0.2, -0.15) is 4.31 Å². The van der Waals surface area contributed by atoms with E-state index >= 15 is 0 Å². The van der Waals surface area contributed by atoms with Crippen LogP contribution in [0.2, 0.25) is 0 Å². The Morgan fingerprint density at radius 2 is 2.00 bits per heavy atom. The number of nitrogens with one attached hydrogen (secondary N) is 1. The number of hydrogen-bond acceptors (Lipinski definition) is 6. The van der Waals surface area contributed by atoms with Crippen LogP contribution in [0.3, 0.4) is 0 Å². The normalized spacial score (nSPS) is 16.2. The summed E-state index contributed by atoms with van der Waals surface area (Å²) in [5, 5.41) is 2.62. The largest absolute Gasteiger partial charge is 0.419 e. The lowest BCUT2D eigenvalue weighted by molar-refractivity contribution is -0.115. The smallest absolute Gasteiger partial charge is 0.408 e. The van der Waals surface area contributed by atoms with Gasteiger partial charge in [-0.1, -0.05) is 0 Å². The lowest BCUT2D eigenvalue weighted by atomic mass is 10.2. The summed E-state index contributed by atoms with van der Waals surface area (Å²) in [6.45, 7) is 1.36. The first-order valence-corrected chi connectivity index (χ1v) is 9.43. The zero-order chi connectivity index (χ0) is 18.0. The van der Waals surface area contributed by atoms with Crippen LogP contribution in [0.1, 0.15) is 6.42 Å². The van der Waals surface area contributed by atoms with Gasteiger partial charge in [0.2, 0.25) is 15.9 Å². The van der Waals surface area contributed by atoms with Crippen molar-refractivity contribution in [3.05, 3.63) is 28.7 Å². The molecule has 0 radical (unpaired) electrons. The van der Waals surface area contributed by atoms with Crippen molar-refractivity contribution in [2.75, 3.05) is 37.4 Å². The fraction of sp³-hybridized carbons (Fsp3) is 0.467. The Labute approximate surface area is 144 Å². The molecule has 0 spiro atoms. The number of benzene rings is 1. The van der Waals surface area contributed by atoms with Crippen LogP contribution in [0, 0.1) is 0 Å². The Hall–Kier alpha value is -2.17. The first-order chi connectivity index (χ1) is 11.9. The van der Waals surface area contributed by atoms with Crippen molar-refractivity contribution in [2.24, 2.45) is 7.05 Å². The fourth-order valence-electron chi connectivity index (χ4n) is 2.61. The van der Waals surface area contributed by atoms with Crippen molar-refractivity contribution in [3.8, 4) is 0 Å². The number of hydrogen-bond donors (Lipinski definition) is 1. The van der Waals surface area contributed by atoms with E-state index in [-0.39, 0.29) is 12.2 Å². The second kappa shape index (κ2) is 6.98. The number of amides is 1. The van der Waals surface area contributed by atoms with Crippen molar-refractivity contribution in [3.63, 3.8) is 0 Å². The van der Waals surface area contributed by atoms with E-state index in [0.29, 0.717) is 43.1 Å². The second-order valence-electron chi connectivity index (χ2n) is 5.74. The molecule has 25 heavy (non-hydrogen) atoms. The highest BCUT2D eigenvalue weighted by molar-refractivity contribution is 7.89. The molecule has 136 valence electrons. The van der Waals surface area contributed by atoms with Crippen LogP contribution in [0.4, 0.5) is 5.69 Å². The molecule has 1 saturated heterocycles. The zero-order valence-electron chi connectivity index (χ0n) is 13.7. The van der Waals surface area contributed by atoms with Crippen LogP contribution in [0.25, 0.3) is 11.1 Å². The number of oxazole rings is 1. The van der Waals surface area contributed by atoms with Crippen LogP contribution in [0.15, 0.2) is 27.4 Å². The Kier molecular flexibility index (Phi) is 4.93. The third-order valence-corrected chi connectivity index (χ3v) is 5.90. The SMILES string of the molecule is Cn1c(=O)oc2cc(NC(=O)CCS(=O)(=O)N3CCOCC3)ccc21. The molecule has 1 aliphatic rings. The summed E-state index contributed by atoms with van der Waals surface area (Å²) < 4.78 is 37.3. The van der Waals surface area contributed by atoms with Crippen molar-refractivity contribution in [1.29, 1.82) is 0 Å². The summed E-state index contributed by atoms with van der Waals surface area (Å²) in [5.41, 5.74) is 1.40. The van der Waals surface area contributed by atoms with Gasteiger partial charge in [-0.05, 0) is 12.1 Å². The third kappa shape index (κ3) is 3.91. The topological polar surface area (TPSA) is 111 Å². The third-order valence-electron chi connectivity index (χ3n) is 4.03. The maximum Gasteiger partial charge on any atom is 0.419 e. The summed E-state index contributed by atoms with van der Waals surface area (Å²) in [7, 11) is -1.89. The average Bonchev–Trinajstić information content (AvgIpc) is 2.88. The maximum absolute atomic E-state index is 12.2. The summed E-state index contributed by atoms with van der Waals surface area (Å²) in [4.78, 5) is 23.5. The van der Waals surface area contributed by atoms with E-state index < -0.39 is 21.7 Å². The van der Waals surface area contributed by atoms with Gasteiger partial charge in [0, 0.05) is 38.3 Å². The lowest BCUT2D eigenvalue weighted by Gasteiger charge is -2.25. The quantitative estimate of drug-likeness (QED) is 0.802. The molecular formula is C15H19N3O6S. The van der Waals surface area contributed by atoms with Gasteiger partial charge in [0.05, 0.1) is 24.5 Å². The molecule has 10 heteroatoms. The van der Waals surface area contributed by atoms with Gasteiger partial charge in [-0.25, -0.2) is 13.2 Å². The van der Waals surface area contributed by atoms with E-state index in [1.54, 1.807) is 19.2 Å². The van der Waals surface area contributed by atoms with Crippen LogP contribution in [0.5, 0.6) is 0 Å². The number of carbonyl (C=O) groups excluding carboxylic acids is 1. The first kappa shape index (κ1) is 17.6. The molecule has 1 amide bonds. The van der Waals surface area contributed by atoms with Crippen LogP contribution >= 0.6 is 0 Å². The molecule has 0 atom stereocenters. The Morgan fingerprint density at radius 1 is 1.28 bits per heavy atom. The Balaban J connectivity index is 1.61. The molecule has 1 aliphatic heterocycles. The molecule has 2 heterocycles. The number of aryl methyl sites for hydroxylation is 1. The number of rotatable bonds is 5. The molecule has 0 bridgehead atoms. The van der Waals surface area contributed by atoms with Gasteiger partial charge in [-0.15, -0.1) is 0 Å². The number of aromatic nitrogens is 1. The zero-order valence-corrected chi connectivity index (χ0v) is 14.5. The van der Waals surface area contributed by atoms with Crippen molar-refractivity contribution in [1.82, 2.24) is 8.87 Å². The summed E-state index contributed by atoms with van der Waals surface area (Å²) in [5.74, 6) is -1.17. The predicted molar refractivity (Wildman–Crippen MR) is 90.9 cm³/mol. The van der Waals surface area contributed by atoms with Crippen molar-refractivity contribution >= 4 is 32.7 Å². The summed E-state index contributed by atoms with van der Waals surface area (Å²) >= 11 is 0. The first-order valence-electron chi connectivity index (χ1n) is 7.82. The average molecular weight is 369 g/mol. The lowest BCUT2D eigenvalue weighted by Crippen LogP contribution is -2.42. The highest BCUT2D eigenvalue weighted by Gasteiger charge is 2.24. The van der Waals surface area contributed by atoms with Crippen LogP contribution < -0.4 is 11.1 Å². The number of carbonyl (C=O) groups is 1. The number of sulfonamides is 1. The van der Waals surface area contributed by atoms with Crippen LogP contribution in [-0.4, -0.2) is 55.3 Å². The van der Waals surface area contributed by atoms with Gasteiger partial charge < -0.3 is 14.5 Å². The standard InChI is InChI=1S/C15H19N3O6S/c1-17-12-3-2-11(10-13(12)24-15(17)20)16-14(19)4-9-25(21,22)18-5-7-23-8-6-18/h2-3,10H,4-9H2,1H3,(H,16,19). The molecule has 9 nitrogen and oxygen atoms in total. The molecule has 0 unspecified atom stereocenters. The highest BCUT2D eigenvalue weighted by Crippen LogP contribution is 2.18. The number of ether oxygens (including phenoxy) is 1. The molecule has 2 aromatic rings. The molecule has 1 aromatic heterocycles. The van der Waals surface area contributed by atoms with E-state index in [1.165, 1.54) is 14.9 Å². The molecule has 0 saturated carbocycles. The monoisotopic (exact) mass is 369 g/mol. The maximum atomic E-state index is 12.2. The number of fused-ring (bicyclic) bond motifs is 1. The Morgan fingerprint density at radius 3 is 2.72 bits per heavy atom.